The SMILES string of the molecule is C=C/C=C(\c1ccccc1C)c1c2ccccc2c(-c2ccc3oc4c(ccc5c6ccccc6oc54)c3c2)c2ccccc12. The molecule has 2 heteroatoms. The van der Waals surface area contributed by atoms with Gasteiger partial charge in [0.2, 0.25) is 0 Å². The standard InChI is InChI=1S/C43H28O2/c1-3-12-30(28-14-5-4-13-26(28)2)41-33-18-8-6-16-31(33)40(32-17-7-9-19-34(32)41)27-21-24-39-37(25-27)36-23-22-35-29-15-10-11-20-38(29)44-42(35)43(36)45-39/h3-25H,1H2,2H3/b30-12+. The quantitative estimate of drug-likeness (QED) is 0.154. The number of fused-ring (bicyclic) bond motifs is 9. The van der Waals surface area contributed by atoms with Crippen LogP contribution in [0.5, 0.6) is 0 Å². The van der Waals surface area contributed by atoms with Gasteiger partial charge in [-0.2, -0.15) is 0 Å². The summed E-state index contributed by atoms with van der Waals surface area (Å²) in [6, 6.07) is 45.2. The van der Waals surface area contributed by atoms with Crippen LogP contribution < -0.4 is 0 Å². The van der Waals surface area contributed by atoms with Crippen LogP contribution in [0.1, 0.15) is 16.7 Å². The molecule has 9 rings (SSSR count). The highest BCUT2D eigenvalue weighted by molar-refractivity contribution is 6.22. The number of hydrogen-bond donors (Lipinski definition) is 0. The molecule has 0 radical (unpaired) electrons. The van der Waals surface area contributed by atoms with Gasteiger partial charge in [-0.15, -0.1) is 0 Å². The first-order valence-corrected chi connectivity index (χ1v) is 15.3. The van der Waals surface area contributed by atoms with Gasteiger partial charge in [-0.1, -0.05) is 116 Å². The van der Waals surface area contributed by atoms with E-state index in [1.807, 2.05) is 24.3 Å². The molecule has 7 aromatic carbocycles. The predicted octanol–water partition coefficient (Wildman–Crippen LogP) is 12.4. The second kappa shape index (κ2) is 9.83. The average molecular weight is 577 g/mol. The number of allylic oxidation sites excluding steroid dienone is 2. The van der Waals surface area contributed by atoms with Crippen LogP contribution in [-0.4, -0.2) is 0 Å². The summed E-state index contributed by atoms with van der Waals surface area (Å²) < 4.78 is 12.8. The van der Waals surface area contributed by atoms with E-state index in [9.17, 15) is 0 Å². The maximum absolute atomic E-state index is 6.49. The van der Waals surface area contributed by atoms with Crippen molar-refractivity contribution in [1.82, 2.24) is 0 Å². The number of benzene rings is 7. The van der Waals surface area contributed by atoms with E-state index in [4.69, 9.17) is 8.83 Å². The number of hydrogen-bond acceptors (Lipinski definition) is 2. The maximum atomic E-state index is 6.49. The number of para-hydroxylation sites is 1. The largest absolute Gasteiger partial charge is 0.452 e. The average Bonchev–Trinajstić information content (AvgIpc) is 3.65. The Kier molecular flexibility index (Phi) is 5.60. The Morgan fingerprint density at radius 1 is 0.533 bits per heavy atom. The summed E-state index contributed by atoms with van der Waals surface area (Å²) in [7, 11) is 0. The highest BCUT2D eigenvalue weighted by atomic mass is 16.4. The van der Waals surface area contributed by atoms with Crippen LogP contribution in [0, 0.1) is 6.92 Å². The van der Waals surface area contributed by atoms with E-state index in [1.165, 1.54) is 49.4 Å². The third-order valence-electron chi connectivity index (χ3n) is 9.19. The minimum Gasteiger partial charge on any atom is -0.452 e. The van der Waals surface area contributed by atoms with Crippen molar-refractivity contribution in [3.8, 4) is 11.1 Å². The van der Waals surface area contributed by atoms with Crippen molar-refractivity contribution in [3.63, 3.8) is 0 Å². The molecule has 212 valence electrons. The predicted molar refractivity (Wildman–Crippen MR) is 190 cm³/mol. The van der Waals surface area contributed by atoms with Crippen molar-refractivity contribution in [2.45, 2.75) is 6.92 Å². The smallest absolute Gasteiger partial charge is 0.178 e. The molecule has 9 aromatic rings. The molecule has 0 amide bonds. The van der Waals surface area contributed by atoms with E-state index in [1.54, 1.807) is 0 Å². The van der Waals surface area contributed by atoms with Crippen molar-refractivity contribution in [2.24, 2.45) is 0 Å². The van der Waals surface area contributed by atoms with Crippen molar-refractivity contribution < 1.29 is 8.83 Å². The van der Waals surface area contributed by atoms with E-state index in [2.05, 4.69) is 129 Å². The molecule has 0 fully saturated rings. The fraction of sp³-hybridized carbons (Fsp3) is 0.0233. The second-order valence-electron chi connectivity index (χ2n) is 11.7. The Morgan fingerprint density at radius 3 is 1.76 bits per heavy atom. The molecule has 0 N–H and O–H groups in total. The number of rotatable bonds is 4. The lowest BCUT2D eigenvalue weighted by atomic mass is 9.83. The molecule has 0 saturated carbocycles. The first kappa shape index (κ1) is 25.6. The molecule has 0 bridgehead atoms. The van der Waals surface area contributed by atoms with Gasteiger partial charge in [-0.05, 0) is 92.2 Å². The molecular formula is C43H28O2. The summed E-state index contributed by atoms with van der Waals surface area (Å²) in [6.07, 6.45) is 4.05. The lowest BCUT2D eigenvalue weighted by Crippen LogP contribution is -1.97. The van der Waals surface area contributed by atoms with Gasteiger partial charge in [0.25, 0.3) is 0 Å². The Morgan fingerprint density at radius 2 is 1.09 bits per heavy atom. The lowest BCUT2D eigenvalue weighted by Gasteiger charge is -2.20. The first-order chi connectivity index (χ1) is 22.2. The zero-order chi connectivity index (χ0) is 30.1. The summed E-state index contributed by atoms with van der Waals surface area (Å²) >= 11 is 0. The van der Waals surface area contributed by atoms with Gasteiger partial charge in [-0.3, -0.25) is 0 Å². The molecule has 0 spiro atoms. The van der Waals surface area contributed by atoms with Gasteiger partial charge >= 0.3 is 0 Å². The van der Waals surface area contributed by atoms with E-state index in [0.29, 0.717) is 0 Å². The van der Waals surface area contributed by atoms with Crippen LogP contribution in [0.4, 0.5) is 0 Å². The second-order valence-corrected chi connectivity index (χ2v) is 11.7. The van der Waals surface area contributed by atoms with Crippen molar-refractivity contribution >= 4 is 71.0 Å². The fourth-order valence-electron chi connectivity index (χ4n) is 7.20. The molecule has 2 heterocycles. The molecule has 0 atom stereocenters. The number of furan rings is 2. The van der Waals surface area contributed by atoms with Crippen molar-refractivity contribution in [1.29, 1.82) is 0 Å². The molecule has 0 unspecified atom stereocenters. The monoisotopic (exact) mass is 576 g/mol. The Balaban J connectivity index is 1.35. The van der Waals surface area contributed by atoms with Crippen LogP contribution in [0.25, 0.3) is 82.1 Å². The Hall–Kier alpha value is -5.86. The van der Waals surface area contributed by atoms with Crippen LogP contribution in [0.2, 0.25) is 0 Å². The van der Waals surface area contributed by atoms with Gasteiger partial charge in [-0.25, -0.2) is 0 Å². The van der Waals surface area contributed by atoms with Gasteiger partial charge in [0.05, 0.1) is 0 Å². The fourth-order valence-corrected chi connectivity index (χ4v) is 7.20. The maximum Gasteiger partial charge on any atom is 0.178 e. The Bertz CT molecular complexity index is 2620. The van der Waals surface area contributed by atoms with E-state index in [0.717, 1.165) is 49.4 Å². The molecule has 0 aliphatic carbocycles. The minimum absolute atomic E-state index is 0.790. The third kappa shape index (κ3) is 3.76. The summed E-state index contributed by atoms with van der Waals surface area (Å²) in [5.41, 5.74) is 10.5. The van der Waals surface area contributed by atoms with E-state index in [-0.39, 0.29) is 0 Å². The van der Waals surface area contributed by atoms with Crippen LogP contribution >= 0.6 is 0 Å². The summed E-state index contributed by atoms with van der Waals surface area (Å²) in [6.45, 7) is 6.27. The molecule has 0 aliphatic heterocycles. The van der Waals surface area contributed by atoms with Crippen LogP contribution in [0.3, 0.4) is 0 Å². The van der Waals surface area contributed by atoms with Gasteiger partial charge in [0, 0.05) is 21.5 Å². The molecule has 45 heavy (non-hydrogen) atoms. The van der Waals surface area contributed by atoms with Gasteiger partial charge < -0.3 is 8.83 Å². The molecule has 0 aliphatic rings. The number of aryl methyl sites for hydroxylation is 1. The Labute approximate surface area is 260 Å². The summed E-state index contributed by atoms with van der Waals surface area (Å²) in [5.74, 6) is 0. The minimum atomic E-state index is 0.790. The zero-order valence-electron chi connectivity index (χ0n) is 24.8. The highest BCUT2D eigenvalue weighted by Gasteiger charge is 2.21. The molecule has 2 nitrogen and oxygen atoms in total. The van der Waals surface area contributed by atoms with Crippen molar-refractivity contribution in [2.75, 3.05) is 0 Å². The molecular weight excluding hydrogens is 548 g/mol. The highest BCUT2D eigenvalue weighted by Crippen LogP contribution is 2.45. The van der Waals surface area contributed by atoms with E-state index >= 15 is 0 Å². The van der Waals surface area contributed by atoms with Crippen molar-refractivity contribution in [3.05, 3.63) is 163 Å². The topological polar surface area (TPSA) is 26.3 Å². The van der Waals surface area contributed by atoms with Crippen LogP contribution in [0.15, 0.2) is 155 Å². The molecule has 2 aromatic heterocycles. The summed E-state index contributed by atoms with van der Waals surface area (Å²) in [4.78, 5) is 0. The van der Waals surface area contributed by atoms with Crippen LogP contribution in [-0.2, 0) is 0 Å². The van der Waals surface area contributed by atoms with E-state index < -0.39 is 0 Å². The normalized spacial score (nSPS) is 12.3. The molecule has 0 saturated heterocycles. The third-order valence-corrected chi connectivity index (χ3v) is 9.19. The summed E-state index contributed by atoms with van der Waals surface area (Å²) in [5, 5.41) is 9.15. The zero-order valence-corrected chi connectivity index (χ0v) is 24.8. The van der Waals surface area contributed by atoms with Gasteiger partial charge in [0.15, 0.2) is 11.2 Å². The first-order valence-electron chi connectivity index (χ1n) is 15.3. The lowest BCUT2D eigenvalue weighted by molar-refractivity contribution is 0.633. The van der Waals surface area contributed by atoms with Gasteiger partial charge in [0.1, 0.15) is 11.2 Å².